The molecule has 3 heteroatoms. The summed E-state index contributed by atoms with van der Waals surface area (Å²) in [7, 11) is 4.20. The third kappa shape index (κ3) is 4.51. The molecule has 1 N–H and O–H groups in total. The highest BCUT2D eigenvalue weighted by Gasteiger charge is 2.38. The Balaban J connectivity index is 1.96. The van der Waals surface area contributed by atoms with E-state index in [1.54, 1.807) is 0 Å². The van der Waals surface area contributed by atoms with Crippen LogP contribution in [-0.4, -0.2) is 41.5 Å². The van der Waals surface area contributed by atoms with Gasteiger partial charge in [-0.2, -0.15) is 0 Å². The Morgan fingerprint density at radius 3 is 2.70 bits per heavy atom. The van der Waals surface area contributed by atoms with E-state index in [0.29, 0.717) is 5.25 Å². The van der Waals surface area contributed by atoms with Gasteiger partial charge in [0.2, 0.25) is 0 Å². The van der Waals surface area contributed by atoms with E-state index in [-0.39, 0.29) is 0 Å². The Bertz CT molecular complexity index is 395. The van der Waals surface area contributed by atoms with Gasteiger partial charge in [0.1, 0.15) is 0 Å². The van der Waals surface area contributed by atoms with Crippen molar-refractivity contribution in [2.45, 2.75) is 54.3 Å². The molecule has 0 radical (unpaired) electrons. The Morgan fingerprint density at radius 2 is 2.00 bits per heavy atom. The molecule has 0 saturated heterocycles. The summed E-state index contributed by atoms with van der Waals surface area (Å²) >= 11 is 1.87. The van der Waals surface area contributed by atoms with Crippen molar-refractivity contribution in [2.75, 3.05) is 20.6 Å². The lowest BCUT2D eigenvalue weighted by atomic mass is 9.81. The average Bonchev–Trinajstić information content (AvgIpc) is 2.42. The standard InChI is InChI=1S/C17H27NOS/c1-18(2)14-8-13-17(19)12-7-6-11-16(17)20-15-9-4-3-5-10-15/h3-5,9-10,16,19H,6-8,11-14H2,1-2H3/t16-,17+/m0/s1. The summed E-state index contributed by atoms with van der Waals surface area (Å²) in [4.78, 5) is 3.48. The van der Waals surface area contributed by atoms with Gasteiger partial charge < -0.3 is 10.0 Å². The fourth-order valence-electron chi connectivity index (χ4n) is 3.01. The van der Waals surface area contributed by atoms with Crippen molar-refractivity contribution < 1.29 is 5.11 Å². The molecule has 0 aliphatic heterocycles. The molecule has 112 valence electrons. The van der Waals surface area contributed by atoms with Crippen LogP contribution in [0.2, 0.25) is 0 Å². The predicted octanol–water partition coefficient (Wildman–Crippen LogP) is 3.79. The quantitative estimate of drug-likeness (QED) is 0.863. The maximum absolute atomic E-state index is 11.1. The van der Waals surface area contributed by atoms with E-state index in [4.69, 9.17) is 0 Å². The van der Waals surface area contributed by atoms with Gasteiger partial charge in [-0.1, -0.05) is 31.0 Å². The van der Waals surface area contributed by atoms with Crippen LogP contribution >= 0.6 is 11.8 Å². The SMILES string of the molecule is CN(C)CCC[C@]1(O)CCCC[C@@H]1Sc1ccccc1. The van der Waals surface area contributed by atoms with Crippen molar-refractivity contribution in [1.29, 1.82) is 0 Å². The Hall–Kier alpha value is -0.510. The Kier molecular flexibility index (Phi) is 5.94. The molecule has 1 aromatic carbocycles. The van der Waals surface area contributed by atoms with E-state index in [1.807, 2.05) is 17.8 Å². The Labute approximate surface area is 127 Å². The zero-order chi connectivity index (χ0) is 14.4. The minimum Gasteiger partial charge on any atom is -0.389 e. The first-order valence-corrected chi connectivity index (χ1v) is 8.57. The zero-order valence-electron chi connectivity index (χ0n) is 12.7. The largest absolute Gasteiger partial charge is 0.389 e. The molecule has 1 saturated carbocycles. The lowest BCUT2D eigenvalue weighted by Crippen LogP contribution is -2.43. The summed E-state index contributed by atoms with van der Waals surface area (Å²) in [5, 5.41) is 11.4. The topological polar surface area (TPSA) is 23.5 Å². The van der Waals surface area contributed by atoms with Gasteiger partial charge in [-0.05, 0) is 58.5 Å². The van der Waals surface area contributed by atoms with Crippen LogP contribution in [0.25, 0.3) is 0 Å². The summed E-state index contributed by atoms with van der Waals surface area (Å²) in [6.07, 6.45) is 6.53. The molecular weight excluding hydrogens is 266 g/mol. The molecule has 0 aromatic heterocycles. The van der Waals surface area contributed by atoms with Gasteiger partial charge in [0, 0.05) is 10.1 Å². The smallest absolute Gasteiger partial charge is 0.0769 e. The molecule has 2 nitrogen and oxygen atoms in total. The van der Waals surface area contributed by atoms with Crippen molar-refractivity contribution in [3.05, 3.63) is 30.3 Å². The summed E-state index contributed by atoms with van der Waals surface area (Å²) < 4.78 is 0. The molecule has 2 atom stereocenters. The van der Waals surface area contributed by atoms with Crippen molar-refractivity contribution >= 4 is 11.8 Å². The summed E-state index contributed by atoms with van der Waals surface area (Å²) in [6.45, 7) is 1.06. The highest BCUT2D eigenvalue weighted by molar-refractivity contribution is 8.00. The fourth-order valence-corrected chi connectivity index (χ4v) is 4.39. The van der Waals surface area contributed by atoms with Crippen molar-refractivity contribution in [1.82, 2.24) is 4.90 Å². The highest BCUT2D eigenvalue weighted by atomic mass is 32.2. The minimum atomic E-state index is -0.477. The number of thioether (sulfide) groups is 1. The van der Waals surface area contributed by atoms with Crippen LogP contribution in [0, 0.1) is 0 Å². The van der Waals surface area contributed by atoms with Crippen LogP contribution in [0.4, 0.5) is 0 Å². The first-order valence-electron chi connectivity index (χ1n) is 7.69. The first kappa shape index (κ1) is 15.9. The highest BCUT2D eigenvalue weighted by Crippen LogP contribution is 2.42. The summed E-state index contributed by atoms with van der Waals surface area (Å²) in [6, 6.07) is 10.5. The molecule has 1 aliphatic carbocycles. The van der Waals surface area contributed by atoms with Crippen LogP contribution in [0.15, 0.2) is 35.2 Å². The van der Waals surface area contributed by atoms with Gasteiger partial charge in [0.15, 0.2) is 0 Å². The molecule has 0 bridgehead atoms. The van der Waals surface area contributed by atoms with Crippen LogP contribution in [-0.2, 0) is 0 Å². The molecule has 2 rings (SSSR count). The van der Waals surface area contributed by atoms with Gasteiger partial charge in [0.25, 0.3) is 0 Å². The number of hydrogen-bond acceptors (Lipinski definition) is 3. The van der Waals surface area contributed by atoms with E-state index in [1.165, 1.54) is 17.7 Å². The molecule has 0 heterocycles. The lowest BCUT2D eigenvalue weighted by Gasteiger charge is -2.40. The number of benzene rings is 1. The molecule has 1 fully saturated rings. The maximum Gasteiger partial charge on any atom is 0.0769 e. The normalized spacial score (nSPS) is 26.9. The van der Waals surface area contributed by atoms with Gasteiger partial charge >= 0.3 is 0 Å². The summed E-state index contributed by atoms with van der Waals surface area (Å²) in [5.74, 6) is 0. The van der Waals surface area contributed by atoms with Crippen LogP contribution < -0.4 is 0 Å². The van der Waals surface area contributed by atoms with Gasteiger partial charge in [-0.3, -0.25) is 0 Å². The lowest BCUT2D eigenvalue weighted by molar-refractivity contribution is -0.000181. The third-order valence-corrected chi connectivity index (χ3v) is 5.67. The number of aliphatic hydroxyl groups is 1. The molecule has 0 amide bonds. The van der Waals surface area contributed by atoms with Crippen LogP contribution in [0.1, 0.15) is 38.5 Å². The number of nitrogens with zero attached hydrogens (tertiary/aromatic N) is 1. The van der Waals surface area contributed by atoms with Crippen molar-refractivity contribution in [3.8, 4) is 0 Å². The van der Waals surface area contributed by atoms with E-state index in [0.717, 1.165) is 32.2 Å². The minimum absolute atomic E-state index is 0.348. The Morgan fingerprint density at radius 1 is 1.25 bits per heavy atom. The van der Waals surface area contributed by atoms with Crippen LogP contribution in [0.5, 0.6) is 0 Å². The molecule has 0 unspecified atom stereocenters. The zero-order valence-corrected chi connectivity index (χ0v) is 13.5. The second-order valence-corrected chi connectivity index (χ2v) is 7.45. The fraction of sp³-hybridized carbons (Fsp3) is 0.647. The van der Waals surface area contributed by atoms with E-state index >= 15 is 0 Å². The summed E-state index contributed by atoms with van der Waals surface area (Å²) in [5.41, 5.74) is -0.477. The molecular formula is C17H27NOS. The van der Waals surface area contributed by atoms with Crippen LogP contribution in [0.3, 0.4) is 0 Å². The van der Waals surface area contributed by atoms with E-state index in [9.17, 15) is 5.11 Å². The van der Waals surface area contributed by atoms with E-state index < -0.39 is 5.60 Å². The second-order valence-electron chi connectivity index (χ2n) is 6.18. The van der Waals surface area contributed by atoms with Gasteiger partial charge in [0.05, 0.1) is 5.60 Å². The first-order chi connectivity index (χ1) is 9.60. The molecule has 1 aliphatic rings. The molecule has 20 heavy (non-hydrogen) atoms. The monoisotopic (exact) mass is 293 g/mol. The second kappa shape index (κ2) is 7.48. The average molecular weight is 293 g/mol. The van der Waals surface area contributed by atoms with Crippen molar-refractivity contribution in [2.24, 2.45) is 0 Å². The maximum atomic E-state index is 11.1. The van der Waals surface area contributed by atoms with Gasteiger partial charge in [-0.15, -0.1) is 11.8 Å². The van der Waals surface area contributed by atoms with E-state index in [2.05, 4.69) is 43.3 Å². The number of hydrogen-bond donors (Lipinski definition) is 1. The predicted molar refractivity (Wildman–Crippen MR) is 87.3 cm³/mol. The van der Waals surface area contributed by atoms with Crippen molar-refractivity contribution in [3.63, 3.8) is 0 Å². The van der Waals surface area contributed by atoms with Gasteiger partial charge in [-0.25, -0.2) is 0 Å². The third-order valence-electron chi connectivity index (χ3n) is 4.16. The molecule has 0 spiro atoms. The molecule has 1 aromatic rings. The number of rotatable bonds is 6.